The molecule has 3 aromatic carbocycles. The molecule has 40 heavy (non-hydrogen) atoms. The van der Waals surface area contributed by atoms with Crippen molar-refractivity contribution in [2.24, 2.45) is 11.8 Å². The van der Waals surface area contributed by atoms with Gasteiger partial charge in [-0.15, -0.1) is 11.8 Å². The van der Waals surface area contributed by atoms with Gasteiger partial charge < -0.3 is 10.2 Å². The first-order valence-corrected chi connectivity index (χ1v) is 16.3. The molecule has 1 aliphatic carbocycles. The van der Waals surface area contributed by atoms with Crippen molar-refractivity contribution >= 4 is 17.7 Å². The summed E-state index contributed by atoms with van der Waals surface area (Å²) in [5.41, 5.74) is 4.06. The first-order valence-electron chi connectivity index (χ1n) is 15.3. The maximum atomic E-state index is 13.3. The molecule has 0 aromatic heterocycles. The summed E-state index contributed by atoms with van der Waals surface area (Å²) in [7, 11) is 0. The van der Waals surface area contributed by atoms with E-state index in [1.54, 1.807) is 0 Å². The zero-order valence-corrected chi connectivity index (χ0v) is 24.4. The normalized spacial score (nSPS) is 23.7. The van der Waals surface area contributed by atoms with E-state index in [1.807, 2.05) is 11.8 Å². The Morgan fingerprint density at radius 3 is 2.20 bits per heavy atom. The highest BCUT2D eigenvalue weighted by Gasteiger charge is 2.37. The molecule has 0 unspecified atom stereocenters. The summed E-state index contributed by atoms with van der Waals surface area (Å²) < 4.78 is 0. The van der Waals surface area contributed by atoms with Crippen LogP contribution in [0.4, 0.5) is 0 Å². The Labute approximate surface area is 244 Å². The van der Waals surface area contributed by atoms with Gasteiger partial charge in [0.05, 0.1) is 12.1 Å². The van der Waals surface area contributed by atoms with Crippen LogP contribution in [-0.2, 0) is 4.79 Å². The molecule has 2 fully saturated rings. The average Bonchev–Trinajstić information content (AvgIpc) is 3.16. The van der Waals surface area contributed by atoms with Gasteiger partial charge in [0.2, 0.25) is 5.91 Å². The number of amides is 1. The van der Waals surface area contributed by atoms with Crippen molar-refractivity contribution in [3.05, 3.63) is 102 Å². The first-order chi connectivity index (χ1) is 19.8. The Hall–Kier alpha value is -2.60. The lowest BCUT2D eigenvalue weighted by Crippen LogP contribution is -2.48. The fourth-order valence-corrected chi connectivity index (χ4v) is 8.55. The highest BCUT2D eigenvalue weighted by Crippen LogP contribution is 2.46. The number of nitrogens with zero attached hydrogens (tertiary/aromatic N) is 2. The molecule has 1 N–H and O–H groups in total. The van der Waals surface area contributed by atoms with Crippen LogP contribution in [0.2, 0.25) is 0 Å². The zero-order chi connectivity index (χ0) is 27.1. The van der Waals surface area contributed by atoms with Crippen LogP contribution in [0.3, 0.4) is 0 Å². The molecule has 0 radical (unpaired) electrons. The second-order valence-corrected chi connectivity index (χ2v) is 12.9. The van der Waals surface area contributed by atoms with Crippen LogP contribution in [0, 0.1) is 11.8 Å². The van der Waals surface area contributed by atoms with Gasteiger partial charge >= 0.3 is 0 Å². The Kier molecular flexibility index (Phi) is 9.22. The first kappa shape index (κ1) is 27.6. The van der Waals surface area contributed by atoms with Crippen molar-refractivity contribution in [3.8, 4) is 0 Å². The van der Waals surface area contributed by atoms with Crippen LogP contribution < -0.4 is 5.32 Å². The summed E-state index contributed by atoms with van der Waals surface area (Å²) in [6, 6.07) is 31.0. The molecule has 3 aromatic rings. The summed E-state index contributed by atoms with van der Waals surface area (Å²) >= 11 is 2.00. The molecular weight excluding hydrogens is 510 g/mol. The maximum Gasteiger partial charge on any atom is 0.220 e. The largest absolute Gasteiger partial charge is 0.349 e. The van der Waals surface area contributed by atoms with Gasteiger partial charge in [0.1, 0.15) is 0 Å². The van der Waals surface area contributed by atoms with E-state index >= 15 is 0 Å². The number of thioether (sulfide) groups is 1. The average molecular weight is 554 g/mol. The molecule has 2 aliphatic heterocycles. The molecule has 3 atom stereocenters. The molecule has 3 aliphatic rings. The van der Waals surface area contributed by atoms with Crippen LogP contribution in [0.5, 0.6) is 0 Å². The summed E-state index contributed by atoms with van der Waals surface area (Å²) in [4.78, 5) is 19.8. The number of piperazine rings is 1. The van der Waals surface area contributed by atoms with Gasteiger partial charge in [-0.05, 0) is 60.4 Å². The maximum absolute atomic E-state index is 13.3. The third-order valence-electron chi connectivity index (χ3n) is 9.30. The van der Waals surface area contributed by atoms with Gasteiger partial charge in [0, 0.05) is 43.2 Å². The molecule has 5 heteroatoms. The van der Waals surface area contributed by atoms with E-state index in [1.165, 1.54) is 53.0 Å². The zero-order valence-electron chi connectivity index (χ0n) is 23.6. The number of hydrogen-bond donors (Lipinski definition) is 1. The second kappa shape index (κ2) is 13.4. The monoisotopic (exact) mass is 553 g/mol. The lowest BCUT2D eigenvalue weighted by atomic mass is 9.74. The molecule has 6 rings (SSSR count). The predicted octanol–water partition coefficient (Wildman–Crippen LogP) is 6.94. The lowest BCUT2D eigenvalue weighted by Gasteiger charge is -2.40. The minimum absolute atomic E-state index is 0.167. The minimum Gasteiger partial charge on any atom is -0.349 e. The highest BCUT2D eigenvalue weighted by molar-refractivity contribution is 7.99. The van der Waals surface area contributed by atoms with Crippen LogP contribution in [0.25, 0.3) is 0 Å². The van der Waals surface area contributed by atoms with E-state index in [9.17, 15) is 4.79 Å². The predicted molar refractivity (Wildman–Crippen MR) is 165 cm³/mol. The molecule has 2 heterocycles. The molecular formula is C35H43N3OS. The molecule has 1 amide bonds. The third-order valence-corrected chi connectivity index (χ3v) is 10.6. The van der Waals surface area contributed by atoms with Crippen molar-refractivity contribution in [2.75, 3.05) is 38.5 Å². The number of fused-ring (bicyclic) bond motifs is 2. The summed E-state index contributed by atoms with van der Waals surface area (Å²) in [5.74, 6) is 2.70. The fourth-order valence-electron chi connectivity index (χ4n) is 7.20. The van der Waals surface area contributed by atoms with E-state index in [4.69, 9.17) is 0 Å². The molecule has 0 bridgehead atoms. The molecule has 1 saturated carbocycles. The standard InChI is InChI=1S/C35H43N3OS/c39-33(36-34-30-17-8-7-16-29(30)26-40-32-19-10-9-18-31(32)34)20-11-21-37-22-24-38(25-23-37)35(27-12-3-1-4-13-27)28-14-5-2-6-15-28/h1-6,9-10,12-15,18-19,29-30,34-35H,7-8,11,16-17,20-26H2,(H,36,39)/t29-,30+,34+/m0/s1. The van der Waals surface area contributed by atoms with E-state index in [-0.39, 0.29) is 11.9 Å². The molecule has 1 saturated heterocycles. The van der Waals surface area contributed by atoms with E-state index in [2.05, 4.69) is 100 Å². The Balaban J connectivity index is 1.02. The van der Waals surface area contributed by atoms with Crippen LogP contribution >= 0.6 is 11.8 Å². The van der Waals surface area contributed by atoms with Crippen molar-refractivity contribution in [3.63, 3.8) is 0 Å². The number of rotatable bonds is 8. The van der Waals surface area contributed by atoms with Crippen molar-refractivity contribution < 1.29 is 4.79 Å². The summed E-state index contributed by atoms with van der Waals surface area (Å²) in [6.07, 6.45) is 6.70. The molecule has 210 valence electrons. The van der Waals surface area contributed by atoms with Gasteiger partial charge in [-0.2, -0.15) is 0 Å². The van der Waals surface area contributed by atoms with Gasteiger partial charge in [-0.3, -0.25) is 9.69 Å². The van der Waals surface area contributed by atoms with E-state index < -0.39 is 0 Å². The summed E-state index contributed by atoms with van der Waals surface area (Å²) in [6.45, 7) is 5.18. The van der Waals surface area contributed by atoms with Gasteiger partial charge in [-0.1, -0.05) is 91.7 Å². The number of hydrogen-bond acceptors (Lipinski definition) is 4. The number of benzene rings is 3. The van der Waals surface area contributed by atoms with E-state index in [0.29, 0.717) is 24.3 Å². The van der Waals surface area contributed by atoms with Crippen molar-refractivity contribution in [1.82, 2.24) is 15.1 Å². The van der Waals surface area contributed by atoms with Crippen LogP contribution in [0.1, 0.15) is 67.3 Å². The van der Waals surface area contributed by atoms with E-state index in [0.717, 1.165) is 39.1 Å². The number of carbonyl (C=O) groups excluding carboxylic acids is 1. The van der Waals surface area contributed by atoms with Crippen LogP contribution in [-0.4, -0.2) is 54.2 Å². The summed E-state index contributed by atoms with van der Waals surface area (Å²) in [5, 5.41) is 3.53. The smallest absolute Gasteiger partial charge is 0.220 e. The minimum atomic E-state index is 0.167. The quantitative estimate of drug-likeness (QED) is 0.328. The highest BCUT2D eigenvalue weighted by atomic mass is 32.2. The third kappa shape index (κ3) is 6.48. The number of carbonyl (C=O) groups is 1. The van der Waals surface area contributed by atoms with Gasteiger partial charge in [0.25, 0.3) is 0 Å². The Morgan fingerprint density at radius 1 is 0.825 bits per heavy atom. The fraction of sp³-hybridized carbons (Fsp3) is 0.457. The van der Waals surface area contributed by atoms with Crippen LogP contribution in [0.15, 0.2) is 89.8 Å². The Morgan fingerprint density at radius 2 is 1.48 bits per heavy atom. The van der Waals surface area contributed by atoms with Gasteiger partial charge in [-0.25, -0.2) is 0 Å². The Bertz CT molecular complexity index is 1190. The SMILES string of the molecule is O=C(CCCN1CCN(C(c2ccccc2)c2ccccc2)CC1)N[C@H]1c2ccccc2SC[C@@H]2CCCC[C@H]21. The van der Waals surface area contributed by atoms with Crippen molar-refractivity contribution in [1.29, 1.82) is 0 Å². The lowest BCUT2D eigenvalue weighted by molar-refractivity contribution is -0.122. The number of nitrogens with one attached hydrogen (secondary N) is 1. The van der Waals surface area contributed by atoms with Crippen molar-refractivity contribution in [2.45, 2.75) is 55.5 Å². The molecule has 4 nitrogen and oxygen atoms in total. The molecule has 0 spiro atoms. The van der Waals surface area contributed by atoms with Gasteiger partial charge in [0.15, 0.2) is 0 Å². The second-order valence-electron chi connectivity index (χ2n) is 11.8. The topological polar surface area (TPSA) is 35.6 Å².